The fraction of sp³-hybridized carbons (Fsp3) is 0.727. The largest absolute Gasteiger partial charge is 0.300 e. The van der Waals surface area contributed by atoms with Crippen LogP contribution in [0.3, 0.4) is 0 Å². The average Bonchev–Trinajstić information content (AvgIpc) is 2.01. The number of ketones is 1. The van der Waals surface area contributed by atoms with Crippen molar-refractivity contribution in [2.45, 2.75) is 45.4 Å². The van der Waals surface area contributed by atoms with E-state index in [-0.39, 0.29) is 5.41 Å². The Labute approximate surface area is 74.9 Å². The third kappa shape index (κ3) is 2.47. The SMILES string of the molecule is C=CCC[C@@]1(C)CCCC(=O)C1. The van der Waals surface area contributed by atoms with Crippen LogP contribution in [0.5, 0.6) is 0 Å². The highest BCUT2D eigenvalue weighted by molar-refractivity contribution is 5.79. The molecule has 0 N–H and O–H groups in total. The van der Waals surface area contributed by atoms with Crippen molar-refractivity contribution in [1.29, 1.82) is 0 Å². The zero-order valence-electron chi connectivity index (χ0n) is 7.94. The number of hydrogen-bond acceptors (Lipinski definition) is 1. The van der Waals surface area contributed by atoms with Gasteiger partial charge in [-0.2, -0.15) is 0 Å². The van der Waals surface area contributed by atoms with Gasteiger partial charge in [0.2, 0.25) is 0 Å². The van der Waals surface area contributed by atoms with Crippen molar-refractivity contribution in [1.82, 2.24) is 0 Å². The predicted molar refractivity (Wildman–Crippen MR) is 51.0 cm³/mol. The molecule has 12 heavy (non-hydrogen) atoms. The van der Waals surface area contributed by atoms with Crippen molar-refractivity contribution in [2.24, 2.45) is 5.41 Å². The number of allylic oxidation sites excluding steroid dienone is 1. The van der Waals surface area contributed by atoms with Crippen LogP contribution in [0.25, 0.3) is 0 Å². The molecule has 0 unspecified atom stereocenters. The maximum Gasteiger partial charge on any atom is 0.133 e. The van der Waals surface area contributed by atoms with Crippen molar-refractivity contribution in [3.8, 4) is 0 Å². The average molecular weight is 166 g/mol. The number of rotatable bonds is 3. The first kappa shape index (κ1) is 9.50. The second-order valence-electron chi connectivity index (χ2n) is 4.21. The molecule has 1 aliphatic carbocycles. The molecule has 68 valence electrons. The number of Topliss-reactive ketones (excluding diaryl/α,β-unsaturated/α-hetero) is 1. The molecule has 0 amide bonds. The lowest BCUT2D eigenvalue weighted by Crippen LogP contribution is -2.25. The second kappa shape index (κ2) is 3.88. The highest BCUT2D eigenvalue weighted by Crippen LogP contribution is 2.37. The summed E-state index contributed by atoms with van der Waals surface area (Å²) in [5.74, 6) is 0.452. The first-order valence-electron chi connectivity index (χ1n) is 4.79. The van der Waals surface area contributed by atoms with E-state index in [2.05, 4.69) is 13.5 Å². The van der Waals surface area contributed by atoms with Gasteiger partial charge in [-0.25, -0.2) is 0 Å². The molecule has 1 fully saturated rings. The fourth-order valence-corrected chi connectivity index (χ4v) is 2.03. The van der Waals surface area contributed by atoms with E-state index in [1.165, 1.54) is 6.42 Å². The first-order valence-corrected chi connectivity index (χ1v) is 4.79. The first-order chi connectivity index (χ1) is 5.66. The zero-order valence-corrected chi connectivity index (χ0v) is 7.94. The fourth-order valence-electron chi connectivity index (χ4n) is 2.03. The lowest BCUT2D eigenvalue weighted by Gasteiger charge is -2.32. The van der Waals surface area contributed by atoms with Crippen LogP contribution >= 0.6 is 0 Å². The Morgan fingerprint density at radius 1 is 1.67 bits per heavy atom. The minimum absolute atomic E-state index is 0.281. The van der Waals surface area contributed by atoms with Gasteiger partial charge in [0.1, 0.15) is 5.78 Å². The molecule has 1 saturated carbocycles. The van der Waals surface area contributed by atoms with Gasteiger partial charge in [0.25, 0.3) is 0 Å². The second-order valence-corrected chi connectivity index (χ2v) is 4.21. The summed E-state index contributed by atoms with van der Waals surface area (Å²) in [4.78, 5) is 11.2. The molecule has 0 aromatic heterocycles. The number of hydrogen-bond donors (Lipinski definition) is 0. The number of carbonyl (C=O) groups excluding carboxylic acids is 1. The molecule has 1 rings (SSSR count). The summed E-state index contributed by atoms with van der Waals surface area (Å²) in [6, 6.07) is 0. The van der Waals surface area contributed by atoms with Crippen LogP contribution in [0.15, 0.2) is 12.7 Å². The molecule has 0 aromatic rings. The van der Waals surface area contributed by atoms with Gasteiger partial charge in [-0.3, -0.25) is 4.79 Å². The molecule has 0 spiro atoms. The van der Waals surface area contributed by atoms with E-state index >= 15 is 0 Å². The van der Waals surface area contributed by atoms with Crippen LogP contribution < -0.4 is 0 Å². The summed E-state index contributed by atoms with van der Waals surface area (Å²) in [5, 5.41) is 0. The standard InChI is InChI=1S/C11H18O/c1-3-4-7-11(2)8-5-6-10(12)9-11/h3H,1,4-9H2,2H3/t11-/m0/s1. The van der Waals surface area contributed by atoms with Crippen LogP contribution in [0.1, 0.15) is 45.4 Å². The molecule has 1 aliphatic rings. The Kier molecular flexibility index (Phi) is 3.07. The monoisotopic (exact) mass is 166 g/mol. The topological polar surface area (TPSA) is 17.1 Å². The van der Waals surface area contributed by atoms with Gasteiger partial charge in [-0.15, -0.1) is 6.58 Å². The maximum atomic E-state index is 11.2. The molecule has 0 bridgehead atoms. The van der Waals surface area contributed by atoms with E-state index in [0.29, 0.717) is 5.78 Å². The van der Waals surface area contributed by atoms with E-state index in [0.717, 1.165) is 32.1 Å². The van der Waals surface area contributed by atoms with Gasteiger partial charge in [0.15, 0.2) is 0 Å². The Balaban J connectivity index is 2.45. The Morgan fingerprint density at radius 2 is 2.42 bits per heavy atom. The van der Waals surface area contributed by atoms with E-state index in [4.69, 9.17) is 0 Å². The van der Waals surface area contributed by atoms with Gasteiger partial charge in [0.05, 0.1) is 0 Å². The summed E-state index contributed by atoms with van der Waals surface area (Å²) >= 11 is 0. The zero-order chi connectivity index (χ0) is 9.03. The predicted octanol–water partition coefficient (Wildman–Crippen LogP) is 3.10. The van der Waals surface area contributed by atoms with Gasteiger partial charge in [-0.05, 0) is 31.1 Å². The summed E-state index contributed by atoms with van der Waals surface area (Å²) in [6.45, 7) is 5.94. The van der Waals surface area contributed by atoms with Crippen LogP contribution in [0.4, 0.5) is 0 Å². The third-order valence-corrected chi connectivity index (χ3v) is 2.81. The highest BCUT2D eigenvalue weighted by Gasteiger charge is 2.29. The van der Waals surface area contributed by atoms with Gasteiger partial charge < -0.3 is 0 Å². The van der Waals surface area contributed by atoms with Crippen molar-refractivity contribution in [3.63, 3.8) is 0 Å². The highest BCUT2D eigenvalue weighted by atomic mass is 16.1. The molecule has 0 saturated heterocycles. The summed E-state index contributed by atoms with van der Waals surface area (Å²) in [7, 11) is 0. The smallest absolute Gasteiger partial charge is 0.133 e. The molecule has 1 atom stereocenters. The minimum Gasteiger partial charge on any atom is -0.300 e. The molecule has 0 aromatic carbocycles. The molecular formula is C11H18O. The van der Waals surface area contributed by atoms with Crippen LogP contribution in [-0.4, -0.2) is 5.78 Å². The van der Waals surface area contributed by atoms with Gasteiger partial charge in [-0.1, -0.05) is 13.0 Å². The van der Waals surface area contributed by atoms with Gasteiger partial charge in [0, 0.05) is 12.8 Å². The Hall–Kier alpha value is -0.590. The van der Waals surface area contributed by atoms with E-state index in [9.17, 15) is 4.79 Å². The van der Waals surface area contributed by atoms with Crippen molar-refractivity contribution >= 4 is 5.78 Å². The van der Waals surface area contributed by atoms with E-state index < -0.39 is 0 Å². The molecule has 0 radical (unpaired) electrons. The third-order valence-electron chi connectivity index (χ3n) is 2.81. The van der Waals surface area contributed by atoms with Crippen molar-refractivity contribution in [2.75, 3.05) is 0 Å². The lowest BCUT2D eigenvalue weighted by molar-refractivity contribution is -0.123. The maximum absolute atomic E-state index is 11.2. The summed E-state index contributed by atoms with van der Waals surface area (Å²) < 4.78 is 0. The molecule has 0 aliphatic heterocycles. The lowest BCUT2D eigenvalue weighted by atomic mass is 9.72. The summed E-state index contributed by atoms with van der Waals surface area (Å²) in [6.07, 6.45) is 8.03. The Morgan fingerprint density at radius 3 is 3.00 bits per heavy atom. The van der Waals surface area contributed by atoms with E-state index in [1.807, 2.05) is 6.08 Å². The molecular weight excluding hydrogens is 148 g/mol. The molecule has 1 heteroatoms. The van der Waals surface area contributed by atoms with Crippen molar-refractivity contribution < 1.29 is 4.79 Å². The molecule has 0 heterocycles. The Bertz CT molecular complexity index is 183. The quantitative estimate of drug-likeness (QED) is 0.589. The van der Waals surface area contributed by atoms with Gasteiger partial charge >= 0.3 is 0 Å². The van der Waals surface area contributed by atoms with E-state index in [1.54, 1.807) is 0 Å². The summed E-state index contributed by atoms with van der Waals surface area (Å²) in [5.41, 5.74) is 0.281. The van der Waals surface area contributed by atoms with Crippen LogP contribution in [0.2, 0.25) is 0 Å². The van der Waals surface area contributed by atoms with Crippen LogP contribution in [-0.2, 0) is 4.79 Å². The number of carbonyl (C=O) groups is 1. The van der Waals surface area contributed by atoms with Crippen LogP contribution in [0, 0.1) is 5.41 Å². The minimum atomic E-state index is 0.281. The normalized spacial score (nSPS) is 30.2. The van der Waals surface area contributed by atoms with Crippen molar-refractivity contribution in [3.05, 3.63) is 12.7 Å². The molecule has 1 nitrogen and oxygen atoms in total.